The average Bonchev–Trinajstić information content (AvgIpc) is 2.82. The summed E-state index contributed by atoms with van der Waals surface area (Å²) in [7, 11) is 1.62. The minimum atomic E-state index is -0.611. The second-order valence-electron chi connectivity index (χ2n) is 10.3. The molecule has 0 spiro atoms. The molecular formula is C31H36O5. The SMILES string of the molecule is COC1C(C)=C(C(=O)OC(C)(C)C)C(C)=C(C)C1(C)C=CC(=O)c1ccc(Oc2ccccc2)cc1. The highest BCUT2D eigenvalue weighted by atomic mass is 16.6. The molecule has 0 saturated heterocycles. The summed E-state index contributed by atoms with van der Waals surface area (Å²) < 4.78 is 17.4. The normalized spacial score (nSPS) is 20.6. The van der Waals surface area contributed by atoms with Gasteiger partial charge < -0.3 is 14.2 Å². The minimum absolute atomic E-state index is 0.123. The molecule has 0 amide bonds. The van der Waals surface area contributed by atoms with Crippen LogP contribution in [0, 0.1) is 5.41 Å². The van der Waals surface area contributed by atoms with E-state index in [9.17, 15) is 9.59 Å². The van der Waals surface area contributed by atoms with Crippen LogP contribution in [0.15, 0.2) is 89.0 Å². The summed E-state index contributed by atoms with van der Waals surface area (Å²) in [6, 6.07) is 16.6. The number of ketones is 1. The van der Waals surface area contributed by atoms with E-state index in [1.807, 2.05) is 84.9 Å². The van der Waals surface area contributed by atoms with E-state index in [4.69, 9.17) is 14.2 Å². The Bertz CT molecular complexity index is 1210. The zero-order valence-corrected chi connectivity index (χ0v) is 22.5. The first-order valence-corrected chi connectivity index (χ1v) is 12.1. The molecule has 0 bridgehead atoms. The summed E-state index contributed by atoms with van der Waals surface area (Å²) in [6.07, 6.45) is 3.04. The number of carbonyl (C=O) groups excluding carboxylic acids is 2. The largest absolute Gasteiger partial charge is 0.457 e. The van der Waals surface area contributed by atoms with Gasteiger partial charge in [-0.05, 0) is 102 Å². The average molecular weight is 489 g/mol. The molecule has 190 valence electrons. The molecule has 2 aromatic rings. The molecule has 0 aromatic heterocycles. The van der Waals surface area contributed by atoms with Crippen LogP contribution in [-0.2, 0) is 14.3 Å². The number of hydrogen-bond donors (Lipinski definition) is 0. The van der Waals surface area contributed by atoms with Crippen LogP contribution in [0.1, 0.15) is 58.8 Å². The van der Waals surface area contributed by atoms with E-state index in [0.29, 0.717) is 16.9 Å². The fourth-order valence-electron chi connectivity index (χ4n) is 4.60. The molecule has 0 heterocycles. The molecule has 3 rings (SSSR count). The number of rotatable bonds is 7. The summed E-state index contributed by atoms with van der Waals surface area (Å²) in [4.78, 5) is 26.0. The van der Waals surface area contributed by atoms with Crippen molar-refractivity contribution in [3.8, 4) is 11.5 Å². The predicted molar refractivity (Wildman–Crippen MR) is 142 cm³/mol. The maximum Gasteiger partial charge on any atom is 0.338 e. The van der Waals surface area contributed by atoms with Crippen molar-refractivity contribution in [2.24, 2.45) is 5.41 Å². The van der Waals surface area contributed by atoms with Gasteiger partial charge in [0.25, 0.3) is 0 Å². The Kier molecular flexibility index (Phi) is 8.05. The van der Waals surface area contributed by atoms with Crippen LogP contribution in [0.5, 0.6) is 11.5 Å². The van der Waals surface area contributed by atoms with Gasteiger partial charge in [0.15, 0.2) is 5.78 Å². The maximum absolute atomic E-state index is 13.0. The molecule has 0 radical (unpaired) electrons. The van der Waals surface area contributed by atoms with Crippen LogP contribution < -0.4 is 4.74 Å². The number of methoxy groups -OCH3 is 1. The first-order valence-electron chi connectivity index (χ1n) is 12.1. The van der Waals surface area contributed by atoms with Crippen LogP contribution >= 0.6 is 0 Å². The molecule has 1 aliphatic carbocycles. The van der Waals surface area contributed by atoms with Gasteiger partial charge >= 0.3 is 5.97 Å². The Balaban J connectivity index is 1.84. The van der Waals surface area contributed by atoms with Gasteiger partial charge in [0, 0.05) is 18.1 Å². The van der Waals surface area contributed by atoms with Crippen molar-refractivity contribution in [3.63, 3.8) is 0 Å². The van der Waals surface area contributed by atoms with E-state index >= 15 is 0 Å². The fraction of sp³-hybridized carbons (Fsp3) is 0.355. The van der Waals surface area contributed by atoms with E-state index in [1.54, 1.807) is 37.5 Å². The van der Waals surface area contributed by atoms with Crippen LogP contribution in [0.2, 0.25) is 0 Å². The van der Waals surface area contributed by atoms with Crippen molar-refractivity contribution in [3.05, 3.63) is 94.6 Å². The molecule has 1 aliphatic rings. The Morgan fingerprint density at radius 2 is 1.50 bits per heavy atom. The maximum atomic E-state index is 13.0. The van der Waals surface area contributed by atoms with Crippen molar-refractivity contribution < 1.29 is 23.8 Å². The molecule has 0 saturated carbocycles. The van der Waals surface area contributed by atoms with Gasteiger partial charge in [-0.3, -0.25) is 4.79 Å². The van der Waals surface area contributed by atoms with Gasteiger partial charge in [0.05, 0.1) is 11.7 Å². The number of allylic oxidation sites excluding steroid dienone is 1. The van der Waals surface area contributed by atoms with Gasteiger partial charge in [0.1, 0.15) is 17.1 Å². The lowest BCUT2D eigenvalue weighted by molar-refractivity contribution is -0.149. The highest BCUT2D eigenvalue weighted by molar-refractivity contribution is 6.04. The molecule has 36 heavy (non-hydrogen) atoms. The number of para-hydroxylation sites is 1. The zero-order valence-electron chi connectivity index (χ0n) is 22.5. The van der Waals surface area contributed by atoms with Crippen molar-refractivity contribution >= 4 is 11.8 Å². The molecule has 0 fully saturated rings. The smallest absolute Gasteiger partial charge is 0.338 e. The Labute approximate surface area is 214 Å². The van der Waals surface area contributed by atoms with E-state index in [0.717, 1.165) is 22.5 Å². The van der Waals surface area contributed by atoms with Crippen molar-refractivity contribution in [1.82, 2.24) is 0 Å². The third-order valence-electron chi connectivity index (χ3n) is 6.62. The third-order valence-corrected chi connectivity index (χ3v) is 6.62. The molecule has 0 aliphatic heterocycles. The molecule has 0 N–H and O–H groups in total. The van der Waals surface area contributed by atoms with Crippen LogP contribution in [0.4, 0.5) is 0 Å². The highest BCUT2D eigenvalue weighted by Gasteiger charge is 2.43. The van der Waals surface area contributed by atoms with E-state index in [2.05, 4.69) is 0 Å². The van der Waals surface area contributed by atoms with Crippen molar-refractivity contribution in [2.75, 3.05) is 7.11 Å². The molecule has 2 atom stereocenters. The van der Waals surface area contributed by atoms with Crippen LogP contribution in [0.3, 0.4) is 0 Å². The molecule has 5 heteroatoms. The number of hydrogen-bond acceptors (Lipinski definition) is 5. The third kappa shape index (κ3) is 5.85. The Morgan fingerprint density at radius 1 is 0.917 bits per heavy atom. The topological polar surface area (TPSA) is 61.8 Å². The molecule has 5 nitrogen and oxygen atoms in total. The lowest BCUT2D eigenvalue weighted by Crippen LogP contribution is -2.40. The number of benzene rings is 2. The molecule has 2 aromatic carbocycles. The summed E-state index contributed by atoms with van der Waals surface area (Å²) in [6.45, 7) is 13.4. The number of carbonyl (C=O) groups is 2. The summed E-state index contributed by atoms with van der Waals surface area (Å²) >= 11 is 0. The van der Waals surface area contributed by atoms with E-state index in [-0.39, 0.29) is 11.8 Å². The standard InChI is InChI=1S/C31H36O5/c1-20-22(3)31(7,28(34-8)21(2)27(20)29(33)36-30(4,5)6)19-18-26(32)23-14-16-25(17-15-23)35-24-12-10-9-11-13-24/h9-19,28H,1-8H3. The van der Waals surface area contributed by atoms with Crippen LogP contribution in [-0.4, -0.2) is 30.6 Å². The van der Waals surface area contributed by atoms with Gasteiger partial charge in [0.2, 0.25) is 0 Å². The Morgan fingerprint density at radius 3 is 2.06 bits per heavy atom. The Hall–Kier alpha value is -3.44. The summed E-state index contributed by atoms with van der Waals surface area (Å²) in [5, 5.41) is 0. The van der Waals surface area contributed by atoms with Gasteiger partial charge in [-0.25, -0.2) is 4.79 Å². The van der Waals surface area contributed by atoms with Gasteiger partial charge in [-0.15, -0.1) is 0 Å². The second kappa shape index (κ2) is 10.7. The minimum Gasteiger partial charge on any atom is -0.457 e. The lowest BCUT2D eigenvalue weighted by Gasteiger charge is -2.42. The van der Waals surface area contributed by atoms with Crippen molar-refractivity contribution in [1.29, 1.82) is 0 Å². The first kappa shape index (κ1) is 27.2. The predicted octanol–water partition coefficient (Wildman–Crippen LogP) is 7.25. The highest BCUT2D eigenvalue weighted by Crippen LogP contribution is 2.46. The monoisotopic (exact) mass is 488 g/mol. The molecular weight excluding hydrogens is 452 g/mol. The lowest BCUT2D eigenvalue weighted by atomic mass is 9.67. The number of ether oxygens (including phenoxy) is 3. The first-order chi connectivity index (χ1) is 16.9. The van der Waals surface area contributed by atoms with Crippen LogP contribution in [0.25, 0.3) is 0 Å². The van der Waals surface area contributed by atoms with Gasteiger partial charge in [-0.1, -0.05) is 29.8 Å². The quantitative estimate of drug-likeness (QED) is 0.233. The molecule has 2 unspecified atom stereocenters. The number of esters is 1. The van der Waals surface area contributed by atoms with E-state index < -0.39 is 17.1 Å². The van der Waals surface area contributed by atoms with Crippen molar-refractivity contribution in [2.45, 2.75) is 60.2 Å². The van der Waals surface area contributed by atoms with E-state index in [1.165, 1.54) is 0 Å². The summed E-state index contributed by atoms with van der Waals surface area (Å²) in [5.74, 6) is 0.908. The van der Waals surface area contributed by atoms with Gasteiger partial charge in [-0.2, -0.15) is 0 Å². The zero-order chi connectivity index (χ0) is 26.7. The second-order valence-corrected chi connectivity index (χ2v) is 10.3. The fourth-order valence-corrected chi connectivity index (χ4v) is 4.60. The summed E-state index contributed by atoms with van der Waals surface area (Å²) in [5.41, 5.74) is 2.47.